The molecule has 1 aliphatic rings. The molecule has 0 unspecified atom stereocenters. The third-order valence-electron chi connectivity index (χ3n) is 3.96. The normalized spacial score (nSPS) is 13.8. The molecular weight excluding hydrogens is 344 g/mol. The molecule has 0 radical (unpaired) electrons. The van der Waals surface area contributed by atoms with Crippen LogP contribution in [-0.4, -0.2) is 37.5 Å². The second-order valence-corrected chi connectivity index (χ2v) is 6.01. The third kappa shape index (κ3) is 3.53. The SMILES string of the molecule is COc1ccc(CN2CC(=O)Nc3ccc(Cl)cc3C2=O)c(OC)c1. The highest BCUT2D eigenvalue weighted by molar-refractivity contribution is 6.31. The number of benzene rings is 2. The number of rotatable bonds is 4. The average molecular weight is 361 g/mol. The molecule has 0 spiro atoms. The van der Waals surface area contributed by atoms with Gasteiger partial charge in [0.2, 0.25) is 5.91 Å². The number of methoxy groups -OCH3 is 2. The van der Waals surface area contributed by atoms with E-state index < -0.39 is 0 Å². The number of carbonyl (C=O) groups is 2. The molecule has 0 bridgehead atoms. The maximum atomic E-state index is 12.9. The van der Waals surface area contributed by atoms with E-state index in [0.717, 1.165) is 5.56 Å². The van der Waals surface area contributed by atoms with Crippen molar-refractivity contribution in [1.82, 2.24) is 4.90 Å². The number of fused-ring (bicyclic) bond motifs is 1. The summed E-state index contributed by atoms with van der Waals surface area (Å²) in [6.07, 6.45) is 0. The highest BCUT2D eigenvalue weighted by atomic mass is 35.5. The summed E-state index contributed by atoms with van der Waals surface area (Å²) in [4.78, 5) is 26.5. The van der Waals surface area contributed by atoms with Crippen LogP contribution < -0.4 is 14.8 Å². The Bertz CT molecular complexity index is 838. The fourth-order valence-electron chi connectivity index (χ4n) is 2.72. The lowest BCUT2D eigenvalue weighted by atomic mass is 10.1. The zero-order chi connectivity index (χ0) is 18.0. The highest BCUT2D eigenvalue weighted by Crippen LogP contribution is 2.29. The van der Waals surface area contributed by atoms with Crippen LogP contribution in [0.1, 0.15) is 15.9 Å². The van der Waals surface area contributed by atoms with Gasteiger partial charge in [-0.3, -0.25) is 9.59 Å². The van der Waals surface area contributed by atoms with Crippen molar-refractivity contribution in [3.63, 3.8) is 0 Å². The van der Waals surface area contributed by atoms with Crippen LogP contribution in [0, 0.1) is 0 Å². The second-order valence-electron chi connectivity index (χ2n) is 5.58. The van der Waals surface area contributed by atoms with Crippen molar-refractivity contribution in [2.24, 2.45) is 0 Å². The molecule has 3 rings (SSSR count). The summed E-state index contributed by atoms with van der Waals surface area (Å²) >= 11 is 6.00. The summed E-state index contributed by atoms with van der Waals surface area (Å²) in [7, 11) is 3.11. The summed E-state index contributed by atoms with van der Waals surface area (Å²) in [5.41, 5.74) is 1.60. The van der Waals surface area contributed by atoms with Crippen molar-refractivity contribution in [1.29, 1.82) is 0 Å². The predicted octanol–water partition coefficient (Wildman–Crippen LogP) is 2.95. The van der Waals surface area contributed by atoms with E-state index in [0.29, 0.717) is 27.8 Å². The molecule has 2 aromatic carbocycles. The average Bonchev–Trinajstić information content (AvgIpc) is 2.72. The van der Waals surface area contributed by atoms with Crippen molar-refractivity contribution in [3.8, 4) is 11.5 Å². The summed E-state index contributed by atoms with van der Waals surface area (Å²) in [6, 6.07) is 10.2. The predicted molar refractivity (Wildman–Crippen MR) is 94.4 cm³/mol. The second kappa shape index (κ2) is 7.03. The van der Waals surface area contributed by atoms with E-state index in [9.17, 15) is 9.59 Å². The van der Waals surface area contributed by atoms with Crippen molar-refractivity contribution in [2.45, 2.75) is 6.54 Å². The first-order chi connectivity index (χ1) is 12.0. The van der Waals surface area contributed by atoms with Crippen LogP contribution in [0.25, 0.3) is 0 Å². The van der Waals surface area contributed by atoms with Gasteiger partial charge in [0.15, 0.2) is 0 Å². The number of halogens is 1. The van der Waals surface area contributed by atoms with E-state index in [2.05, 4.69) is 5.32 Å². The van der Waals surface area contributed by atoms with Crippen LogP contribution in [0.2, 0.25) is 5.02 Å². The Hall–Kier alpha value is -2.73. The molecule has 6 nitrogen and oxygen atoms in total. The molecule has 1 aliphatic heterocycles. The van der Waals surface area contributed by atoms with Crippen molar-refractivity contribution in [2.75, 3.05) is 26.1 Å². The van der Waals surface area contributed by atoms with Gasteiger partial charge in [0.05, 0.1) is 32.0 Å². The standard InChI is InChI=1S/C18H17ClN2O4/c1-24-13-5-3-11(16(8-13)25-2)9-21-10-17(22)20-15-6-4-12(19)7-14(15)18(21)23/h3-8H,9-10H2,1-2H3,(H,20,22). The molecular formula is C18H17ClN2O4. The number of anilines is 1. The molecule has 0 saturated carbocycles. The monoisotopic (exact) mass is 360 g/mol. The zero-order valence-corrected chi connectivity index (χ0v) is 14.6. The maximum absolute atomic E-state index is 12.9. The van der Waals surface area contributed by atoms with Gasteiger partial charge in [-0.15, -0.1) is 0 Å². The molecule has 25 heavy (non-hydrogen) atoms. The van der Waals surface area contributed by atoms with E-state index in [-0.39, 0.29) is 24.9 Å². The Morgan fingerprint density at radius 2 is 1.92 bits per heavy atom. The Kier molecular flexibility index (Phi) is 4.81. The Morgan fingerprint density at radius 3 is 2.64 bits per heavy atom. The van der Waals surface area contributed by atoms with E-state index in [1.165, 1.54) is 4.90 Å². The summed E-state index contributed by atoms with van der Waals surface area (Å²) < 4.78 is 10.6. The summed E-state index contributed by atoms with van der Waals surface area (Å²) in [5.74, 6) is 0.705. The quantitative estimate of drug-likeness (QED) is 0.910. The molecule has 0 saturated heterocycles. The minimum Gasteiger partial charge on any atom is -0.497 e. The first-order valence-electron chi connectivity index (χ1n) is 7.61. The van der Waals surface area contributed by atoms with Gasteiger partial charge in [-0.1, -0.05) is 11.6 Å². The lowest BCUT2D eigenvalue weighted by molar-refractivity contribution is -0.116. The third-order valence-corrected chi connectivity index (χ3v) is 4.20. The highest BCUT2D eigenvalue weighted by Gasteiger charge is 2.27. The van der Waals surface area contributed by atoms with Gasteiger partial charge in [-0.2, -0.15) is 0 Å². The number of hydrogen-bond acceptors (Lipinski definition) is 4. The number of ether oxygens (including phenoxy) is 2. The van der Waals surface area contributed by atoms with Crippen LogP contribution >= 0.6 is 11.6 Å². The van der Waals surface area contributed by atoms with Crippen LogP contribution in [0.15, 0.2) is 36.4 Å². The first-order valence-corrected chi connectivity index (χ1v) is 7.99. The smallest absolute Gasteiger partial charge is 0.256 e. The number of nitrogens with zero attached hydrogens (tertiary/aromatic N) is 1. The molecule has 2 aromatic rings. The minimum absolute atomic E-state index is 0.0552. The largest absolute Gasteiger partial charge is 0.497 e. The molecule has 0 aromatic heterocycles. The van der Waals surface area contributed by atoms with E-state index in [1.807, 2.05) is 6.07 Å². The van der Waals surface area contributed by atoms with E-state index in [4.69, 9.17) is 21.1 Å². The van der Waals surface area contributed by atoms with E-state index in [1.54, 1.807) is 44.6 Å². The minimum atomic E-state index is -0.270. The van der Waals surface area contributed by atoms with Gasteiger partial charge >= 0.3 is 0 Å². The van der Waals surface area contributed by atoms with Crippen LogP contribution in [0.5, 0.6) is 11.5 Å². The van der Waals surface area contributed by atoms with Crippen LogP contribution in [0.3, 0.4) is 0 Å². The summed E-state index contributed by atoms with van der Waals surface area (Å²) in [6.45, 7) is 0.172. The van der Waals surface area contributed by atoms with Gasteiger partial charge in [0, 0.05) is 16.7 Å². The molecule has 2 amide bonds. The number of hydrogen-bond donors (Lipinski definition) is 1. The topological polar surface area (TPSA) is 67.9 Å². The van der Waals surface area contributed by atoms with Gasteiger partial charge in [-0.05, 0) is 30.3 Å². The number of carbonyl (C=O) groups excluding carboxylic acids is 2. The fourth-order valence-corrected chi connectivity index (χ4v) is 2.90. The van der Waals surface area contributed by atoms with E-state index >= 15 is 0 Å². The molecule has 1 heterocycles. The fraction of sp³-hybridized carbons (Fsp3) is 0.222. The Labute approximate surface area is 150 Å². The van der Waals surface area contributed by atoms with Gasteiger partial charge < -0.3 is 19.7 Å². The molecule has 7 heteroatoms. The number of amides is 2. The lowest BCUT2D eigenvalue weighted by Gasteiger charge is -2.21. The molecule has 0 fully saturated rings. The maximum Gasteiger partial charge on any atom is 0.256 e. The van der Waals surface area contributed by atoms with Crippen molar-refractivity contribution < 1.29 is 19.1 Å². The molecule has 130 valence electrons. The Balaban J connectivity index is 1.94. The van der Waals surface area contributed by atoms with Crippen LogP contribution in [0.4, 0.5) is 5.69 Å². The first kappa shape index (κ1) is 17.1. The molecule has 0 aliphatic carbocycles. The van der Waals surface area contributed by atoms with Gasteiger partial charge in [0.25, 0.3) is 5.91 Å². The number of nitrogens with one attached hydrogen (secondary N) is 1. The molecule has 0 atom stereocenters. The summed E-state index contributed by atoms with van der Waals surface area (Å²) in [5, 5.41) is 3.17. The lowest BCUT2D eigenvalue weighted by Crippen LogP contribution is -2.34. The van der Waals surface area contributed by atoms with Crippen molar-refractivity contribution >= 4 is 29.1 Å². The molecule has 1 N–H and O–H groups in total. The van der Waals surface area contributed by atoms with Gasteiger partial charge in [0.1, 0.15) is 18.0 Å². The van der Waals surface area contributed by atoms with Crippen LogP contribution in [-0.2, 0) is 11.3 Å². The zero-order valence-electron chi connectivity index (χ0n) is 13.8. The van der Waals surface area contributed by atoms with Gasteiger partial charge in [-0.25, -0.2) is 0 Å². The van der Waals surface area contributed by atoms with Crippen molar-refractivity contribution in [3.05, 3.63) is 52.5 Å². The Morgan fingerprint density at radius 1 is 1.12 bits per heavy atom.